The maximum Gasteiger partial charge on any atom is 0.108 e. The van der Waals surface area contributed by atoms with Gasteiger partial charge < -0.3 is 10.3 Å². The Morgan fingerprint density at radius 3 is 3.00 bits per heavy atom. The molecule has 3 aromatic rings. The minimum Gasteiger partial charge on any atom is -0.342 e. The Labute approximate surface area is 110 Å². The minimum absolute atomic E-state index is 0.929. The van der Waals surface area contributed by atoms with Crippen molar-refractivity contribution in [2.24, 2.45) is 0 Å². The second-order valence-corrected chi connectivity index (χ2v) is 5.04. The van der Waals surface area contributed by atoms with E-state index in [0.717, 1.165) is 36.4 Å². The van der Waals surface area contributed by atoms with Crippen molar-refractivity contribution in [2.45, 2.75) is 13.0 Å². The van der Waals surface area contributed by atoms with Gasteiger partial charge in [-0.25, -0.2) is 4.98 Å². The molecule has 3 rings (SSSR count). The summed E-state index contributed by atoms with van der Waals surface area (Å²) in [5, 5.41) is 7.71. The highest BCUT2D eigenvalue weighted by molar-refractivity contribution is 7.07. The molecule has 2 aromatic heterocycles. The fourth-order valence-corrected chi connectivity index (χ4v) is 2.63. The maximum absolute atomic E-state index is 4.55. The molecule has 2 heterocycles. The first-order valence-electron chi connectivity index (χ1n) is 6.07. The lowest BCUT2D eigenvalue weighted by Gasteiger charge is -2.00. The Balaban J connectivity index is 1.53. The number of nitrogens with zero attached hydrogens (tertiary/aromatic N) is 1. The van der Waals surface area contributed by atoms with E-state index in [9.17, 15) is 0 Å². The molecule has 0 saturated carbocycles. The molecule has 0 unspecified atom stereocenters. The average molecular weight is 257 g/mol. The van der Waals surface area contributed by atoms with Crippen LogP contribution in [0.1, 0.15) is 11.4 Å². The van der Waals surface area contributed by atoms with Crippen LogP contribution in [0.2, 0.25) is 0 Å². The molecule has 18 heavy (non-hydrogen) atoms. The maximum atomic E-state index is 4.55. The highest BCUT2D eigenvalue weighted by Crippen LogP contribution is 2.10. The third-order valence-corrected chi connectivity index (χ3v) is 3.62. The number of hydrogen-bond acceptors (Lipinski definition) is 3. The zero-order valence-corrected chi connectivity index (χ0v) is 10.8. The molecule has 0 amide bonds. The summed E-state index contributed by atoms with van der Waals surface area (Å²) in [6.07, 6.45) is 0.929. The number of imidazole rings is 1. The number of H-pyrrole nitrogens is 1. The van der Waals surface area contributed by atoms with E-state index in [0.29, 0.717) is 0 Å². The quantitative estimate of drug-likeness (QED) is 0.690. The normalized spacial score (nSPS) is 11.1. The van der Waals surface area contributed by atoms with Gasteiger partial charge in [-0.2, -0.15) is 11.3 Å². The summed E-state index contributed by atoms with van der Waals surface area (Å²) in [4.78, 5) is 7.89. The Kier molecular flexibility index (Phi) is 3.39. The molecule has 0 bridgehead atoms. The molecule has 0 saturated heterocycles. The number of para-hydroxylation sites is 2. The molecule has 0 aliphatic rings. The fraction of sp³-hybridized carbons (Fsp3) is 0.214. The Morgan fingerprint density at radius 1 is 1.22 bits per heavy atom. The number of aromatic nitrogens is 2. The molecular formula is C14H15N3S. The summed E-state index contributed by atoms with van der Waals surface area (Å²) in [6.45, 7) is 1.87. The average Bonchev–Trinajstić information content (AvgIpc) is 3.03. The zero-order valence-electron chi connectivity index (χ0n) is 10.0. The SMILES string of the molecule is c1ccc2[nH]c(CCNCc3ccsc3)nc2c1. The number of fused-ring (bicyclic) bond motifs is 1. The van der Waals surface area contributed by atoms with E-state index in [1.165, 1.54) is 5.56 Å². The number of aromatic amines is 1. The van der Waals surface area contributed by atoms with Gasteiger partial charge in [-0.3, -0.25) is 0 Å². The molecule has 3 nitrogen and oxygen atoms in total. The van der Waals surface area contributed by atoms with Crippen LogP contribution in [0.25, 0.3) is 11.0 Å². The van der Waals surface area contributed by atoms with E-state index in [1.807, 2.05) is 18.2 Å². The van der Waals surface area contributed by atoms with Gasteiger partial charge in [0.1, 0.15) is 5.82 Å². The monoisotopic (exact) mass is 257 g/mol. The van der Waals surface area contributed by atoms with E-state index >= 15 is 0 Å². The zero-order chi connectivity index (χ0) is 12.2. The lowest BCUT2D eigenvalue weighted by Crippen LogP contribution is -2.16. The number of nitrogens with one attached hydrogen (secondary N) is 2. The first kappa shape index (κ1) is 11.4. The van der Waals surface area contributed by atoms with Crippen LogP contribution >= 0.6 is 11.3 Å². The third-order valence-electron chi connectivity index (χ3n) is 2.89. The molecule has 0 spiro atoms. The largest absolute Gasteiger partial charge is 0.342 e. The molecule has 4 heteroatoms. The number of rotatable bonds is 5. The van der Waals surface area contributed by atoms with Crippen molar-refractivity contribution in [3.05, 3.63) is 52.5 Å². The van der Waals surface area contributed by atoms with Gasteiger partial charge in [0.15, 0.2) is 0 Å². The lowest BCUT2D eigenvalue weighted by molar-refractivity contribution is 0.676. The molecule has 0 aliphatic heterocycles. The van der Waals surface area contributed by atoms with Crippen molar-refractivity contribution >= 4 is 22.4 Å². The van der Waals surface area contributed by atoms with Gasteiger partial charge in [-0.1, -0.05) is 12.1 Å². The first-order valence-corrected chi connectivity index (χ1v) is 7.01. The number of hydrogen-bond donors (Lipinski definition) is 2. The lowest BCUT2D eigenvalue weighted by atomic mass is 10.3. The van der Waals surface area contributed by atoms with E-state index in [4.69, 9.17) is 0 Å². The van der Waals surface area contributed by atoms with Crippen LogP contribution in [0.15, 0.2) is 41.1 Å². The molecule has 0 aliphatic carbocycles. The molecule has 92 valence electrons. The van der Waals surface area contributed by atoms with Crippen molar-refractivity contribution in [2.75, 3.05) is 6.54 Å². The summed E-state index contributed by atoms with van der Waals surface area (Å²) in [5.41, 5.74) is 3.51. The van der Waals surface area contributed by atoms with Crippen LogP contribution in [-0.2, 0) is 13.0 Å². The van der Waals surface area contributed by atoms with Gasteiger partial charge in [0, 0.05) is 19.5 Å². The second-order valence-electron chi connectivity index (χ2n) is 4.26. The van der Waals surface area contributed by atoms with Crippen molar-refractivity contribution in [1.29, 1.82) is 0 Å². The topological polar surface area (TPSA) is 40.7 Å². The molecular weight excluding hydrogens is 242 g/mol. The third kappa shape index (κ3) is 2.60. The predicted octanol–water partition coefficient (Wildman–Crippen LogP) is 2.96. The summed E-state index contributed by atoms with van der Waals surface area (Å²) < 4.78 is 0. The molecule has 0 fully saturated rings. The summed E-state index contributed by atoms with van der Waals surface area (Å²) >= 11 is 1.74. The van der Waals surface area contributed by atoms with Crippen LogP contribution in [-0.4, -0.2) is 16.5 Å². The molecule has 0 atom stereocenters. The van der Waals surface area contributed by atoms with E-state index in [-0.39, 0.29) is 0 Å². The summed E-state index contributed by atoms with van der Waals surface area (Å²) in [7, 11) is 0. The van der Waals surface area contributed by atoms with Gasteiger partial charge in [0.05, 0.1) is 11.0 Å². The number of benzene rings is 1. The molecule has 0 radical (unpaired) electrons. The second kappa shape index (κ2) is 5.33. The first-order chi connectivity index (χ1) is 8.92. The van der Waals surface area contributed by atoms with Crippen molar-refractivity contribution in [3.63, 3.8) is 0 Å². The van der Waals surface area contributed by atoms with Crippen LogP contribution < -0.4 is 5.32 Å². The molecule has 2 N–H and O–H groups in total. The van der Waals surface area contributed by atoms with Gasteiger partial charge >= 0.3 is 0 Å². The van der Waals surface area contributed by atoms with E-state index < -0.39 is 0 Å². The van der Waals surface area contributed by atoms with E-state index in [1.54, 1.807) is 11.3 Å². The van der Waals surface area contributed by atoms with Crippen LogP contribution in [0.4, 0.5) is 0 Å². The highest BCUT2D eigenvalue weighted by atomic mass is 32.1. The summed E-state index contributed by atoms with van der Waals surface area (Å²) in [5.74, 6) is 1.05. The van der Waals surface area contributed by atoms with Gasteiger partial charge in [-0.05, 0) is 34.5 Å². The highest BCUT2D eigenvalue weighted by Gasteiger charge is 2.01. The van der Waals surface area contributed by atoms with Crippen LogP contribution in [0, 0.1) is 0 Å². The van der Waals surface area contributed by atoms with Crippen LogP contribution in [0.3, 0.4) is 0 Å². The summed E-state index contributed by atoms with van der Waals surface area (Å²) in [6, 6.07) is 10.3. The van der Waals surface area contributed by atoms with Crippen molar-refractivity contribution < 1.29 is 0 Å². The fourth-order valence-electron chi connectivity index (χ4n) is 1.96. The van der Waals surface area contributed by atoms with Gasteiger partial charge in [0.2, 0.25) is 0 Å². The minimum atomic E-state index is 0.929. The smallest absolute Gasteiger partial charge is 0.108 e. The Morgan fingerprint density at radius 2 is 2.17 bits per heavy atom. The standard InChI is InChI=1S/C14H15N3S/c1-2-4-13-12(3-1)16-14(17-13)5-7-15-9-11-6-8-18-10-11/h1-4,6,8,10,15H,5,7,9H2,(H,16,17). The number of thiophene rings is 1. The van der Waals surface area contributed by atoms with Crippen molar-refractivity contribution in [1.82, 2.24) is 15.3 Å². The molecule has 1 aromatic carbocycles. The van der Waals surface area contributed by atoms with Gasteiger partial charge in [0.25, 0.3) is 0 Å². The predicted molar refractivity (Wildman–Crippen MR) is 75.8 cm³/mol. The Bertz CT molecular complexity index is 580. The van der Waals surface area contributed by atoms with Crippen molar-refractivity contribution in [3.8, 4) is 0 Å². The Hall–Kier alpha value is -1.65. The van der Waals surface area contributed by atoms with E-state index in [2.05, 4.69) is 38.2 Å². The van der Waals surface area contributed by atoms with Gasteiger partial charge in [-0.15, -0.1) is 0 Å². The van der Waals surface area contributed by atoms with Crippen LogP contribution in [0.5, 0.6) is 0 Å².